The number of allylic oxidation sites excluding steroid dienone is 2. The van der Waals surface area contributed by atoms with Crippen molar-refractivity contribution in [3.05, 3.63) is 148 Å². The van der Waals surface area contributed by atoms with Gasteiger partial charge in [0.1, 0.15) is 0 Å². The molecule has 0 aromatic heterocycles. The van der Waals surface area contributed by atoms with Crippen LogP contribution in [-0.4, -0.2) is 5.78 Å². The quantitative estimate of drug-likeness (QED) is 0.147. The lowest BCUT2D eigenvalue weighted by atomic mass is 9.99. The minimum absolute atomic E-state index is 0.0291. The van der Waals surface area contributed by atoms with E-state index in [4.69, 9.17) is 0 Å². The Morgan fingerprint density at radius 2 is 1.06 bits per heavy atom. The summed E-state index contributed by atoms with van der Waals surface area (Å²) in [5.41, 5.74) is 10.6. The van der Waals surface area contributed by atoms with Crippen molar-refractivity contribution in [2.24, 2.45) is 0 Å². The molecule has 0 atom stereocenters. The van der Waals surface area contributed by atoms with E-state index in [0.717, 1.165) is 29.5 Å². The fraction of sp³-hybridized carbons (Fsp3) is 0.147. The molecule has 1 nitrogen and oxygen atoms in total. The Labute approximate surface area is 209 Å². The molecule has 0 unspecified atom stereocenters. The van der Waals surface area contributed by atoms with Gasteiger partial charge in [-0.1, -0.05) is 120 Å². The highest BCUT2D eigenvalue weighted by Crippen LogP contribution is 2.19. The summed E-state index contributed by atoms with van der Waals surface area (Å²) in [6.07, 6.45) is 7.76. The van der Waals surface area contributed by atoms with Crippen molar-refractivity contribution < 1.29 is 4.79 Å². The van der Waals surface area contributed by atoms with Crippen LogP contribution in [0.25, 0.3) is 17.7 Å². The largest absolute Gasteiger partial charge is 0.289 e. The molecule has 174 valence electrons. The van der Waals surface area contributed by atoms with Gasteiger partial charge in [-0.25, -0.2) is 0 Å². The smallest absolute Gasteiger partial charge is 0.185 e. The molecule has 0 aliphatic rings. The maximum absolute atomic E-state index is 12.3. The van der Waals surface area contributed by atoms with E-state index in [0.29, 0.717) is 0 Å². The molecule has 4 rings (SSSR count). The first-order chi connectivity index (χ1) is 17.0. The van der Waals surface area contributed by atoms with Gasteiger partial charge in [-0.2, -0.15) is 0 Å². The topological polar surface area (TPSA) is 17.1 Å². The van der Waals surface area contributed by atoms with Crippen molar-refractivity contribution in [3.8, 4) is 0 Å². The number of rotatable bonds is 8. The standard InChI is InChI=1S/C34H32O/c1-25-4-8-31(9-5-25)24-27(3)32-21-16-30(17-22-32)15-12-28-10-13-29(14-11-28)18-23-34(35)33-19-6-26(2)7-20-33/h4-11,13-14,16-24H,12,15H2,1-3H3/b23-18+,27-24+. The van der Waals surface area contributed by atoms with Crippen molar-refractivity contribution in [2.45, 2.75) is 33.6 Å². The highest BCUT2D eigenvalue weighted by molar-refractivity contribution is 6.06. The van der Waals surface area contributed by atoms with E-state index in [2.05, 4.69) is 92.7 Å². The van der Waals surface area contributed by atoms with Crippen LogP contribution >= 0.6 is 0 Å². The molecule has 0 heterocycles. The Morgan fingerprint density at radius 1 is 0.600 bits per heavy atom. The lowest BCUT2D eigenvalue weighted by molar-refractivity contribution is 0.104. The molecule has 35 heavy (non-hydrogen) atoms. The van der Waals surface area contributed by atoms with Gasteiger partial charge in [-0.15, -0.1) is 0 Å². The average Bonchev–Trinajstić information content (AvgIpc) is 2.88. The average molecular weight is 457 g/mol. The second-order valence-electron chi connectivity index (χ2n) is 9.24. The summed E-state index contributed by atoms with van der Waals surface area (Å²) in [7, 11) is 0. The van der Waals surface area contributed by atoms with E-state index in [-0.39, 0.29) is 5.78 Å². The van der Waals surface area contributed by atoms with Crippen molar-refractivity contribution in [3.63, 3.8) is 0 Å². The third-order valence-electron chi connectivity index (χ3n) is 6.32. The molecule has 0 amide bonds. The first-order valence-corrected chi connectivity index (χ1v) is 12.2. The molecule has 4 aromatic carbocycles. The predicted octanol–water partition coefficient (Wildman–Crippen LogP) is 8.55. The van der Waals surface area contributed by atoms with Crippen LogP contribution in [-0.2, 0) is 12.8 Å². The molecule has 0 aliphatic heterocycles. The Balaban J connectivity index is 1.31. The zero-order chi connectivity index (χ0) is 24.6. The number of benzene rings is 4. The van der Waals surface area contributed by atoms with Crippen LogP contribution in [0.1, 0.15) is 56.2 Å². The summed E-state index contributed by atoms with van der Waals surface area (Å²) in [5.74, 6) is 0.0291. The molecular formula is C34H32O. The van der Waals surface area contributed by atoms with Crippen molar-refractivity contribution in [1.29, 1.82) is 0 Å². The predicted molar refractivity (Wildman–Crippen MR) is 150 cm³/mol. The normalized spacial score (nSPS) is 11.7. The van der Waals surface area contributed by atoms with Crippen LogP contribution in [0.3, 0.4) is 0 Å². The second kappa shape index (κ2) is 11.4. The van der Waals surface area contributed by atoms with Gasteiger partial charge in [-0.3, -0.25) is 4.79 Å². The minimum Gasteiger partial charge on any atom is -0.289 e. The maximum Gasteiger partial charge on any atom is 0.185 e. The maximum atomic E-state index is 12.3. The van der Waals surface area contributed by atoms with E-state index in [1.807, 2.05) is 37.3 Å². The van der Waals surface area contributed by atoms with Crippen LogP contribution in [0.5, 0.6) is 0 Å². The first kappa shape index (κ1) is 24.2. The SMILES string of the molecule is C/C(=C\c1ccc(C)cc1)c1ccc(CCc2ccc(/C=C/C(=O)c3ccc(C)cc3)cc2)cc1. The zero-order valence-electron chi connectivity index (χ0n) is 20.8. The summed E-state index contributed by atoms with van der Waals surface area (Å²) in [5, 5.41) is 0. The van der Waals surface area contributed by atoms with E-state index in [1.54, 1.807) is 6.08 Å². The highest BCUT2D eigenvalue weighted by Gasteiger charge is 2.02. The molecule has 1 heteroatoms. The van der Waals surface area contributed by atoms with E-state index >= 15 is 0 Å². The third-order valence-corrected chi connectivity index (χ3v) is 6.32. The van der Waals surface area contributed by atoms with Gasteiger partial charge >= 0.3 is 0 Å². The van der Waals surface area contributed by atoms with Crippen molar-refractivity contribution in [2.75, 3.05) is 0 Å². The summed E-state index contributed by atoms with van der Waals surface area (Å²) >= 11 is 0. The van der Waals surface area contributed by atoms with Gasteiger partial charge in [0.05, 0.1) is 0 Å². The Hall–Kier alpha value is -3.97. The fourth-order valence-electron chi connectivity index (χ4n) is 4.00. The second-order valence-corrected chi connectivity index (χ2v) is 9.24. The van der Waals surface area contributed by atoms with Gasteiger partial charge in [-0.05, 0) is 73.1 Å². The summed E-state index contributed by atoms with van der Waals surface area (Å²) < 4.78 is 0. The van der Waals surface area contributed by atoms with Gasteiger partial charge in [0.25, 0.3) is 0 Å². The highest BCUT2D eigenvalue weighted by atomic mass is 16.1. The minimum atomic E-state index is 0.0291. The Kier molecular flexibility index (Phi) is 7.90. The molecule has 0 aliphatic carbocycles. The molecule has 0 bridgehead atoms. The van der Waals surface area contributed by atoms with Crippen LogP contribution in [0, 0.1) is 13.8 Å². The number of hydrogen-bond acceptors (Lipinski definition) is 1. The number of ketones is 1. The number of carbonyl (C=O) groups excluding carboxylic acids is 1. The van der Waals surface area contributed by atoms with E-state index in [1.165, 1.54) is 33.4 Å². The lowest BCUT2D eigenvalue weighted by Crippen LogP contribution is -1.94. The zero-order valence-corrected chi connectivity index (χ0v) is 20.8. The van der Waals surface area contributed by atoms with Gasteiger partial charge < -0.3 is 0 Å². The molecule has 0 radical (unpaired) electrons. The summed E-state index contributed by atoms with van der Waals surface area (Å²) in [6.45, 7) is 6.30. The molecule has 0 spiro atoms. The molecule has 4 aromatic rings. The number of carbonyl (C=O) groups is 1. The Bertz CT molecular complexity index is 1320. The van der Waals surface area contributed by atoms with E-state index < -0.39 is 0 Å². The third kappa shape index (κ3) is 7.01. The lowest BCUT2D eigenvalue weighted by Gasteiger charge is -2.06. The van der Waals surface area contributed by atoms with Gasteiger partial charge in [0, 0.05) is 5.56 Å². The monoisotopic (exact) mass is 456 g/mol. The van der Waals surface area contributed by atoms with Gasteiger partial charge in [0.2, 0.25) is 0 Å². The molecule has 0 N–H and O–H groups in total. The van der Waals surface area contributed by atoms with Crippen LogP contribution in [0.2, 0.25) is 0 Å². The van der Waals surface area contributed by atoms with Crippen LogP contribution in [0.4, 0.5) is 0 Å². The molecule has 0 fully saturated rings. The van der Waals surface area contributed by atoms with Crippen LogP contribution < -0.4 is 0 Å². The Morgan fingerprint density at radius 3 is 1.63 bits per heavy atom. The molecule has 0 saturated heterocycles. The molecular weight excluding hydrogens is 424 g/mol. The fourth-order valence-corrected chi connectivity index (χ4v) is 4.00. The molecule has 0 saturated carbocycles. The first-order valence-electron chi connectivity index (χ1n) is 12.2. The van der Waals surface area contributed by atoms with Crippen LogP contribution in [0.15, 0.2) is 103 Å². The van der Waals surface area contributed by atoms with Crippen molar-refractivity contribution >= 4 is 23.5 Å². The van der Waals surface area contributed by atoms with Crippen molar-refractivity contribution in [1.82, 2.24) is 0 Å². The van der Waals surface area contributed by atoms with Gasteiger partial charge in [0.15, 0.2) is 5.78 Å². The summed E-state index contributed by atoms with van der Waals surface area (Å²) in [4.78, 5) is 12.3. The number of aryl methyl sites for hydroxylation is 4. The van der Waals surface area contributed by atoms with E-state index in [9.17, 15) is 4.79 Å². The number of hydrogen-bond donors (Lipinski definition) is 0. The summed E-state index contributed by atoms with van der Waals surface area (Å²) in [6, 6.07) is 33.7.